The van der Waals surface area contributed by atoms with Gasteiger partial charge in [0.2, 0.25) is 0 Å². The number of rotatable bonds is 2. The van der Waals surface area contributed by atoms with E-state index in [1.807, 2.05) is 0 Å². The Balaban J connectivity index is 0. The number of carbonyl (C=O) groups is 1. The molecule has 36 valence electrons. The van der Waals surface area contributed by atoms with Crippen LogP contribution in [0, 0.1) is 0 Å². The third-order valence-corrected chi connectivity index (χ3v) is 0.190. The number of hydrogen-bond donors (Lipinski definition) is 0. The average molecular weight is 115 g/mol. The minimum atomic E-state index is -3.10. The summed E-state index contributed by atoms with van der Waals surface area (Å²) in [5, 5.41) is 10.0. The molecule has 0 fully saturated rings. The fourth-order valence-electron chi connectivity index (χ4n) is 0.0722. The third kappa shape index (κ3) is 10.7. The number of hydrogen-bond acceptors (Lipinski definition) is 2. The fraction of sp³-hybridized carbons (Fsp3) is 0.750. The monoisotopic (exact) mass is 115 g/mol. The van der Waals surface area contributed by atoms with Crippen LogP contribution in [-0.2, 0) is 4.79 Å². The molecule has 0 heterocycles. The van der Waals surface area contributed by atoms with E-state index in [4.69, 9.17) is 6.85 Å². The molecular weight excluding hydrogens is 103 g/mol. The molecule has 0 radical (unpaired) electrons. The van der Waals surface area contributed by atoms with Crippen LogP contribution in [-0.4, -0.2) is 5.97 Å². The van der Waals surface area contributed by atoms with Crippen molar-refractivity contribution >= 4 is 5.97 Å². The molecule has 0 rings (SSSR count). The summed E-state index contributed by atoms with van der Waals surface area (Å²) in [6, 6.07) is 0. The second kappa shape index (κ2) is 6.47. The van der Waals surface area contributed by atoms with E-state index >= 15 is 0 Å². The van der Waals surface area contributed by atoms with Crippen molar-refractivity contribution in [1.82, 2.24) is 0 Å². The molecule has 0 bridgehead atoms. The molecular formula is C4H7NaO2. The van der Waals surface area contributed by atoms with E-state index in [2.05, 4.69) is 0 Å². The van der Waals surface area contributed by atoms with Gasteiger partial charge in [-0.1, -0.05) is 13.3 Å². The summed E-state index contributed by atoms with van der Waals surface area (Å²) in [5.74, 6) is -2.13. The van der Waals surface area contributed by atoms with Gasteiger partial charge in [0.1, 0.15) is 0 Å². The summed E-state index contributed by atoms with van der Waals surface area (Å²) in [4.78, 5) is 10.0. The number of carbonyl (C=O) groups excluding carboxylic acids is 1. The van der Waals surface area contributed by atoms with Crippen LogP contribution in [0.25, 0.3) is 0 Å². The Morgan fingerprint density at radius 1 is 2.14 bits per heavy atom. The summed E-state index contributed by atoms with van der Waals surface area (Å²) in [7, 11) is 0. The van der Waals surface area contributed by atoms with E-state index in [-0.39, 0.29) is 29.6 Å². The predicted octanol–water partition coefficient (Wildman–Crippen LogP) is -3.46. The Morgan fingerprint density at radius 2 is 2.71 bits per heavy atom. The zero-order valence-corrected chi connectivity index (χ0v) is 6.02. The van der Waals surface area contributed by atoms with Crippen LogP contribution in [0.15, 0.2) is 0 Å². The fourth-order valence-corrected chi connectivity index (χ4v) is 0.0722. The van der Waals surface area contributed by atoms with Crippen LogP contribution in [0.4, 0.5) is 0 Å². The normalized spacial score (nSPS) is 21.4. The molecule has 0 aromatic carbocycles. The van der Waals surface area contributed by atoms with Gasteiger partial charge in [-0.25, -0.2) is 0 Å². The molecule has 7 heavy (non-hydrogen) atoms. The molecule has 0 aromatic rings. The molecule has 3 heteroatoms. The van der Waals surface area contributed by atoms with Gasteiger partial charge in [-0.3, -0.25) is 0 Å². The molecule has 0 aliphatic carbocycles. The minimum Gasteiger partial charge on any atom is -0.550 e. The number of aliphatic carboxylic acids is 1. The molecule has 0 atom stereocenters. The maximum Gasteiger partial charge on any atom is 1.00 e. The molecule has 0 aromatic heterocycles. The largest absolute Gasteiger partial charge is 1.00 e. The number of carboxylic acids is 1. The molecule has 0 aliphatic rings. The Morgan fingerprint density at radius 3 is 2.86 bits per heavy atom. The van der Waals surface area contributed by atoms with Gasteiger partial charge in [-0.2, -0.15) is 0 Å². The van der Waals surface area contributed by atoms with Gasteiger partial charge in [-0.15, -0.1) is 0 Å². The Labute approximate surface area is 72.2 Å². The van der Waals surface area contributed by atoms with E-state index in [0.29, 0.717) is 0 Å². The summed E-state index contributed by atoms with van der Waals surface area (Å²) < 4.78 is 33.5. The molecule has 0 unspecified atom stereocenters. The maximum atomic E-state index is 10.0. The summed E-state index contributed by atoms with van der Waals surface area (Å²) in [6.45, 7) is -0.950. The SMILES string of the molecule is [2H]CC([2H])([2H])C([2H])([2H])C(=O)[O-].[Na+]. The zero-order valence-electron chi connectivity index (χ0n) is 9.02. The van der Waals surface area contributed by atoms with E-state index in [0.717, 1.165) is 0 Å². The maximum absolute atomic E-state index is 10.0. The van der Waals surface area contributed by atoms with Gasteiger partial charge in [-0.05, 0) is 6.37 Å². The Kier molecular flexibility index (Phi) is 2.64. The van der Waals surface area contributed by atoms with Gasteiger partial charge in [0.05, 0.1) is 0 Å². The molecule has 0 spiro atoms. The van der Waals surface area contributed by atoms with E-state index < -0.39 is 25.6 Å². The van der Waals surface area contributed by atoms with E-state index in [1.165, 1.54) is 0 Å². The standard InChI is InChI=1S/C4H8O2.Na/c1-2-3-4(5)6;/h2-3H2,1H3,(H,5,6);/q;+1/p-1/i1D,2D2,3D2;. The molecule has 2 nitrogen and oxygen atoms in total. The topological polar surface area (TPSA) is 40.1 Å². The van der Waals surface area contributed by atoms with Gasteiger partial charge in [0.15, 0.2) is 0 Å². The van der Waals surface area contributed by atoms with Gasteiger partial charge < -0.3 is 9.90 Å². The zero-order chi connectivity index (χ0) is 9.28. The average Bonchev–Trinajstić information content (AvgIpc) is 1.87. The van der Waals surface area contributed by atoms with Crippen molar-refractivity contribution < 1.29 is 46.3 Å². The molecule has 0 amide bonds. The van der Waals surface area contributed by atoms with Crippen LogP contribution in [0.2, 0.25) is 0 Å². The van der Waals surface area contributed by atoms with E-state index in [9.17, 15) is 9.90 Å². The van der Waals surface area contributed by atoms with Crippen LogP contribution in [0.1, 0.15) is 26.5 Å². The van der Waals surface area contributed by atoms with Crippen molar-refractivity contribution in [2.75, 3.05) is 0 Å². The smallest absolute Gasteiger partial charge is 0.550 e. The van der Waals surface area contributed by atoms with Crippen molar-refractivity contribution in [1.29, 1.82) is 0 Å². The first-order valence-corrected chi connectivity index (χ1v) is 1.26. The Bertz CT molecular complexity index is 171. The Hall–Kier alpha value is 0.470. The predicted molar refractivity (Wildman–Crippen MR) is 19.9 cm³/mol. The quantitative estimate of drug-likeness (QED) is 0.351. The van der Waals surface area contributed by atoms with Crippen molar-refractivity contribution in [2.45, 2.75) is 19.6 Å². The van der Waals surface area contributed by atoms with E-state index in [1.54, 1.807) is 0 Å². The van der Waals surface area contributed by atoms with Crippen molar-refractivity contribution in [2.24, 2.45) is 0 Å². The van der Waals surface area contributed by atoms with Gasteiger partial charge in [0, 0.05) is 12.8 Å². The van der Waals surface area contributed by atoms with Crippen molar-refractivity contribution in [3.63, 3.8) is 0 Å². The summed E-state index contributed by atoms with van der Waals surface area (Å²) >= 11 is 0. The van der Waals surface area contributed by atoms with Gasteiger partial charge in [0.25, 0.3) is 0 Å². The molecule has 0 N–H and O–H groups in total. The first-order chi connectivity index (χ1) is 4.75. The number of carboxylic acid groups (broad SMARTS) is 1. The van der Waals surface area contributed by atoms with Crippen LogP contribution in [0.5, 0.6) is 0 Å². The minimum absolute atomic E-state index is 0. The van der Waals surface area contributed by atoms with Crippen molar-refractivity contribution in [3.05, 3.63) is 0 Å². The molecule has 0 saturated carbocycles. The first kappa shape index (κ1) is 2.85. The van der Waals surface area contributed by atoms with Crippen molar-refractivity contribution in [3.8, 4) is 0 Å². The third-order valence-electron chi connectivity index (χ3n) is 0.190. The molecule has 0 saturated heterocycles. The first-order valence-electron chi connectivity index (χ1n) is 3.97. The van der Waals surface area contributed by atoms with Gasteiger partial charge >= 0.3 is 29.6 Å². The van der Waals surface area contributed by atoms with Crippen LogP contribution >= 0.6 is 0 Å². The van der Waals surface area contributed by atoms with Crippen LogP contribution < -0.4 is 34.7 Å². The second-order valence-electron chi connectivity index (χ2n) is 0.589. The summed E-state index contributed by atoms with van der Waals surface area (Å²) in [6.07, 6.45) is -5.80. The second-order valence-corrected chi connectivity index (χ2v) is 0.589. The van der Waals surface area contributed by atoms with Crippen LogP contribution in [0.3, 0.4) is 0 Å². The summed E-state index contributed by atoms with van der Waals surface area (Å²) in [5.41, 5.74) is 0. The molecule has 0 aliphatic heterocycles.